The van der Waals surface area contributed by atoms with Gasteiger partial charge in [0.2, 0.25) is 5.89 Å². The molecule has 1 aromatic heterocycles. The minimum absolute atomic E-state index is 0.321. The number of oxazole rings is 1. The maximum Gasteiger partial charge on any atom is 0.205 e. The molecule has 106 valence electrons. The first kappa shape index (κ1) is 13.9. The normalized spacial score (nSPS) is 18.6. The second-order valence-electron chi connectivity index (χ2n) is 4.48. The molecule has 0 amide bonds. The van der Waals surface area contributed by atoms with Crippen LogP contribution in [0.25, 0.3) is 11.3 Å². The Kier molecular flexibility index (Phi) is 4.28. The molecule has 7 heteroatoms. The van der Waals surface area contributed by atoms with Crippen molar-refractivity contribution < 1.29 is 4.42 Å². The lowest BCUT2D eigenvalue weighted by Crippen LogP contribution is -2.32. The van der Waals surface area contributed by atoms with E-state index < -0.39 is 0 Å². The van der Waals surface area contributed by atoms with Crippen LogP contribution in [0.3, 0.4) is 0 Å². The van der Waals surface area contributed by atoms with Crippen LogP contribution in [-0.2, 0) is 5.75 Å². The zero-order valence-electron chi connectivity index (χ0n) is 10.9. The van der Waals surface area contributed by atoms with Crippen molar-refractivity contribution in [1.82, 2.24) is 21.4 Å². The number of benzene rings is 1. The highest BCUT2D eigenvalue weighted by Crippen LogP contribution is 2.27. The first-order valence-electron chi connectivity index (χ1n) is 6.29. The molecule has 2 heterocycles. The summed E-state index contributed by atoms with van der Waals surface area (Å²) in [5.74, 6) is 2.29. The lowest BCUT2D eigenvalue weighted by atomic mass is 10.1. The average Bonchev–Trinajstić information content (AvgIpc) is 3.07. The van der Waals surface area contributed by atoms with E-state index in [1.807, 2.05) is 31.2 Å². The van der Waals surface area contributed by atoms with Gasteiger partial charge in [0.25, 0.3) is 0 Å². The van der Waals surface area contributed by atoms with Crippen LogP contribution in [0.1, 0.15) is 11.6 Å². The highest BCUT2D eigenvalue weighted by molar-refractivity contribution is 7.99. The summed E-state index contributed by atoms with van der Waals surface area (Å²) in [7, 11) is 0. The van der Waals surface area contributed by atoms with E-state index in [-0.39, 0.29) is 0 Å². The summed E-state index contributed by atoms with van der Waals surface area (Å²) in [6.07, 6.45) is 0. The van der Waals surface area contributed by atoms with Crippen molar-refractivity contribution in [2.75, 3.05) is 6.54 Å². The van der Waals surface area contributed by atoms with Gasteiger partial charge in [-0.15, -0.1) is 11.8 Å². The van der Waals surface area contributed by atoms with Gasteiger partial charge in [-0.05, 0) is 31.2 Å². The molecule has 1 atom stereocenters. The molecule has 5 nitrogen and oxygen atoms in total. The lowest BCUT2D eigenvalue weighted by molar-refractivity contribution is 0.529. The molecule has 2 aromatic rings. The smallest absolute Gasteiger partial charge is 0.205 e. The highest BCUT2D eigenvalue weighted by atomic mass is 35.5. The van der Waals surface area contributed by atoms with Gasteiger partial charge in [-0.3, -0.25) is 0 Å². The number of aromatic nitrogens is 1. The van der Waals surface area contributed by atoms with Gasteiger partial charge >= 0.3 is 0 Å². The van der Waals surface area contributed by atoms with Crippen LogP contribution in [0, 0.1) is 6.92 Å². The number of halogens is 1. The molecule has 1 unspecified atom stereocenters. The Bertz CT molecular complexity index is 581. The molecular formula is C13H15ClN4OS. The van der Waals surface area contributed by atoms with Crippen molar-refractivity contribution in [2.45, 2.75) is 18.1 Å². The average molecular weight is 311 g/mol. The standard InChI is InChI=1S/C13H15ClN4OS/c1-8-13(9-2-4-10(14)5-3-9)19-11(16-8)7-20-12-6-15-18-17-12/h2-5,12,15,17-18H,6-7H2,1H3. The van der Waals surface area contributed by atoms with Crippen LogP contribution in [0.5, 0.6) is 0 Å². The topological polar surface area (TPSA) is 62.1 Å². The molecule has 1 aliphatic heterocycles. The van der Waals surface area contributed by atoms with Gasteiger partial charge in [-0.25, -0.2) is 15.8 Å². The second kappa shape index (κ2) is 6.15. The van der Waals surface area contributed by atoms with E-state index in [2.05, 4.69) is 21.4 Å². The number of hydrogen-bond donors (Lipinski definition) is 3. The fourth-order valence-corrected chi connectivity index (χ4v) is 2.92. The molecule has 1 fully saturated rings. The number of nitrogens with one attached hydrogen (secondary N) is 3. The number of aryl methyl sites for hydroxylation is 1. The van der Waals surface area contributed by atoms with E-state index in [1.54, 1.807) is 11.8 Å². The first-order chi connectivity index (χ1) is 9.72. The Morgan fingerprint density at radius 1 is 1.40 bits per heavy atom. The zero-order valence-corrected chi connectivity index (χ0v) is 12.5. The predicted molar refractivity (Wildman–Crippen MR) is 81.0 cm³/mol. The fourth-order valence-electron chi connectivity index (χ4n) is 1.98. The Balaban J connectivity index is 1.71. The third-order valence-electron chi connectivity index (χ3n) is 2.96. The third-order valence-corrected chi connectivity index (χ3v) is 4.32. The molecule has 20 heavy (non-hydrogen) atoms. The summed E-state index contributed by atoms with van der Waals surface area (Å²) < 4.78 is 5.86. The van der Waals surface area contributed by atoms with E-state index in [0.29, 0.717) is 10.4 Å². The SMILES string of the molecule is Cc1nc(CSC2CNNN2)oc1-c1ccc(Cl)cc1. The largest absolute Gasteiger partial charge is 0.440 e. The fraction of sp³-hybridized carbons (Fsp3) is 0.308. The number of nitrogens with zero attached hydrogens (tertiary/aromatic N) is 1. The van der Waals surface area contributed by atoms with Gasteiger partial charge in [-0.2, -0.15) is 5.53 Å². The maximum atomic E-state index is 5.90. The summed E-state index contributed by atoms with van der Waals surface area (Å²) in [5.41, 5.74) is 10.9. The molecule has 0 saturated carbocycles. The van der Waals surface area contributed by atoms with Crippen molar-refractivity contribution in [2.24, 2.45) is 0 Å². The number of rotatable bonds is 4. The maximum absolute atomic E-state index is 5.90. The molecule has 0 aliphatic carbocycles. The predicted octanol–water partition coefficient (Wildman–Crippen LogP) is 2.48. The summed E-state index contributed by atoms with van der Waals surface area (Å²) in [5, 5.41) is 1.04. The van der Waals surface area contributed by atoms with E-state index in [4.69, 9.17) is 16.0 Å². The number of hydrogen-bond acceptors (Lipinski definition) is 6. The van der Waals surface area contributed by atoms with Crippen molar-refractivity contribution in [1.29, 1.82) is 0 Å². The van der Waals surface area contributed by atoms with Crippen molar-refractivity contribution in [3.8, 4) is 11.3 Å². The molecule has 0 radical (unpaired) electrons. The summed E-state index contributed by atoms with van der Waals surface area (Å²) in [6, 6.07) is 7.60. The molecule has 3 N–H and O–H groups in total. The van der Waals surface area contributed by atoms with Crippen LogP contribution in [-0.4, -0.2) is 16.9 Å². The quantitative estimate of drug-likeness (QED) is 0.806. The van der Waals surface area contributed by atoms with Gasteiger partial charge in [0.05, 0.1) is 16.8 Å². The third kappa shape index (κ3) is 3.16. The van der Waals surface area contributed by atoms with Gasteiger partial charge in [-0.1, -0.05) is 11.6 Å². The molecule has 1 saturated heterocycles. The van der Waals surface area contributed by atoms with E-state index >= 15 is 0 Å². The molecule has 0 spiro atoms. The second-order valence-corrected chi connectivity index (χ2v) is 6.11. The van der Waals surface area contributed by atoms with Crippen LogP contribution in [0.2, 0.25) is 5.02 Å². The Hall–Kier alpha value is -1.05. The molecule has 1 aliphatic rings. The first-order valence-corrected chi connectivity index (χ1v) is 7.72. The highest BCUT2D eigenvalue weighted by Gasteiger charge is 2.16. The van der Waals surface area contributed by atoms with Gasteiger partial charge in [0.15, 0.2) is 5.76 Å². The van der Waals surface area contributed by atoms with Crippen LogP contribution in [0.4, 0.5) is 0 Å². The molecule has 3 rings (SSSR count). The van der Waals surface area contributed by atoms with Gasteiger partial charge < -0.3 is 4.42 Å². The van der Waals surface area contributed by atoms with Crippen LogP contribution >= 0.6 is 23.4 Å². The molecule has 0 bridgehead atoms. The Morgan fingerprint density at radius 2 is 2.20 bits per heavy atom. The number of hydrazine groups is 2. The zero-order chi connectivity index (χ0) is 13.9. The Morgan fingerprint density at radius 3 is 2.90 bits per heavy atom. The van der Waals surface area contributed by atoms with Crippen LogP contribution < -0.4 is 16.4 Å². The summed E-state index contributed by atoms with van der Waals surface area (Å²) in [6.45, 7) is 2.83. The van der Waals surface area contributed by atoms with Crippen LogP contribution in [0.15, 0.2) is 28.7 Å². The lowest BCUT2D eigenvalue weighted by Gasteiger charge is -2.04. The Labute approximate surface area is 126 Å². The summed E-state index contributed by atoms with van der Waals surface area (Å²) >= 11 is 7.64. The molecular weight excluding hydrogens is 296 g/mol. The van der Waals surface area contributed by atoms with Crippen molar-refractivity contribution in [3.63, 3.8) is 0 Å². The van der Waals surface area contributed by atoms with E-state index in [1.165, 1.54) is 0 Å². The summed E-state index contributed by atoms with van der Waals surface area (Å²) in [4.78, 5) is 4.48. The van der Waals surface area contributed by atoms with Crippen molar-refractivity contribution in [3.05, 3.63) is 40.9 Å². The van der Waals surface area contributed by atoms with Gasteiger partial charge in [0.1, 0.15) is 0 Å². The van der Waals surface area contributed by atoms with E-state index in [0.717, 1.165) is 35.2 Å². The minimum Gasteiger partial charge on any atom is -0.440 e. The number of thioether (sulfide) groups is 1. The molecule has 1 aromatic carbocycles. The monoisotopic (exact) mass is 310 g/mol. The van der Waals surface area contributed by atoms with Gasteiger partial charge in [0, 0.05) is 17.1 Å². The minimum atomic E-state index is 0.321. The van der Waals surface area contributed by atoms with E-state index in [9.17, 15) is 0 Å². The van der Waals surface area contributed by atoms with Crippen molar-refractivity contribution >= 4 is 23.4 Å².